The maximum absolute atomic E-state index is 4.28. The van der Waals surface area contributed by atoms with Crippen LogP contribution >= 0.6 is 0 Å². The molecule has 6 nitrogen and oxygen atoms in total. The van der Waals surface area contributed by atoms with Gasteiger partial charge in [-0.1, -0.05) is 42.5 Å². The second-order valence-corrected chi connectivity index (χ2v) is 5.71. The first-order chi connectivity index (χ1) is 10.6. The zero-order valence-electron chi connectivity index (χ0n) is 13.9. The summed E-state index contributed by atoms with van der Waals surface area (Å²) >= 11 is 0. The van der Waals surface area contributed by atoms with Crippen molar-refractivity contribution in [2.75, 3.05) is 27.3 Å². The predicted octanol–water partition coefficient (Wildman–Crippen LogP) is 1.88. The molecule has 1 aliphatic heterocycles. The molecule has 126 valence electrons. The van der Waals surface area contributed by atoms with Gasteiger partial charge in [-0.05, 0) is 31.0 Å². The largest absolute Gasteiger partial charge is 0.459 e. The molecule has 2 aromatic rings. The number of ether oxygens (including phenoxy) is 1. The number of hydrogen-bond donors (Lipinski definition) is 1. The topological polar surface area (TPSA) is 66.9 Å². The molecular formula is C16H24N5OW-. The molecule has 7 heteroatoms. The molecule has 0 radical (unpaired) electrons. The molecular weight excluding hydrogens is 462 g/mol. The number of tetrazole rings is 1. The van der Waals surface area contributed by atoms with Crippen molar-refractivity contribution in [3.8, 4) is 0 Å². The molecule has 0 saturated carbocycles. The summed E-state index contributed by atoms with van der Waals surface area (Å²) in [7, 11) is 7.31. The molecule has 1 aromatic heterocycles. The van der Waals surface area contributed by atoms with Crippen molar-refractivity contribution in [1.29, 1.82) is 0 Å². The molecule has 2 atom stereocenters. The number of nitrogens with zero attached hydrogens (tertiary/aromatic N) is 4. The minimum absolute atomic E-state index is 0. The van der Waals surface area contributed by atoms with E-state index in [1.165, 1.54) is 5.56 Å². The van der Waals surface area contributed by atoms with E-state index in [1.54, 1.807) is 14.2 Å². The van der Waals surface area contributed by atoms with Gasteiger partial charge in [0.05, 0.1) is 5.41 Å². The van der Waals surface area contributed by atoms with Gasteiger partial charge in [-0.2, -0.15) is 5.21 Å². The average Bonchev–Trinajstić information content (AvgIpc) is 3.04. The number of rotatable bonds is 2. The summed E-state index contributed by atoms with van der Waals surface area (Å²) in [5, 5.41) is 14.9. The maximum Gasteiger partial charge on any atom is 0.185 e. The van der Waals surface area contributed by atoms with E-state index in [9.17, 15) is 0 Å². The van der Waals surface area contributed by atoms with Gasteiger partial charge >= 0.3 is 0 Å². The van der Waals surface area contributed by atoms with Crippen LogP contribution < -0.4 is 0 Å². The van der Waals surface area contributed by atoms with Gasteiger partial charge in [-0.3, -0.25) is 7.05 Å². The van der Waals surface area contributed by atoms with E-state index in [4.69, 9.17) is 0 Å². The van der Waals surface area contributed by atoms with Crippen molar-refractivity contribution < 1.29 is 25.8 Å². The van der Waals surface area contributed by atoms with Gasteiger partial charge < -0.3 is 9.64 Å². The fourth-order valence-corrected chi connectivity index (χ4v) is 3.19. The number of benzene rings is 1. The Morgan fingerprint density at radius 3 is 2.48 bits per heavy atom. The van der Waals surface area contributed by atoms with Gasteiger partial charge in [0, 0.05) is 35.3 Å². The van der Waals surface area contributed by atoms with Gasteiger partial charge in [0.2, 0.25) is 0 Å². The predicted molar refractivity (Wildman–Crippen MR) is 85.0 cm³/mol. The van der Waals surface area contributed by atoms with E-state index in [1.807, 2.05) is 6.07 Å². The van der Waals surface area contributed by atoms with Crippen molar-refractivity contribution in [2.45, 2.75) is 18.8 Å². The molecule has 0 aliphatic carbocycles. The quantitative estimate of drug-likeness (QED) is 0.658. The Hall–Kier alpha value is -1.10. The average molecular weight is 486 g/mol. The van der Waals surface area contributed by atoms with Crippen molar-refractivity contribution >= 4 is 0 Å². The second kappa shape index (κ2) is 9.26. The Morgan fingerprint density at radius 1 is 1.30 bits per heavy atom. The van der Waals surface area contributed by atoms with E-state index in [2.05, 4.69) is 68.5 Å². The summed E-state index contributed by atoms with van der Waals surface area (Å²) in [6.45, 7) is 4.11. The van der Waals surface area contributed by atoms with Crippen LogP contribution in [0, 0.1) is 13.0 Å². The number of piperidine rings is 1. The molecule has 3 rings (SSSR count). The van der Waals surface area contributed by atoms with Gasteiger partial charge in [0.1, 0.15) is 0 Å². The molecule has 1 saturated heterocycles. The van der Waals surface area contributed by atoms with Crippen LogP contribution in [-0.4, -0.2) is 52.8 Å². The van der Waals surface area contributed by atoms with Crippen LogP contribution in [-0.2, 0) is 31.2 Å². The van der Waals surface area contributed by atoms with Gasteiger partial charge in [-0.25, -0.2) is 0 Å². The van der Waals surface area contributed by atoms with Crippen LogP contribution in [0.5, 0.6) is 0 Å². The second-order valence-electron chi connectivity index (χ2n) is 5.71. The monoisotopic (exact) mass is 486 g/mol. The van der Waals surface area contributed by atoms with Crippen LogP contribution in [0.15, 0.2) is 30.3 Å². The van der Waals surface area contributed by atoms with E-state index in [-0.39, 0.29) is 26.5 Å². The summed E-state index contributed by atoms with van der Waals surface area (Å²) in [5.41, 5.74) is 1.10. The first-order valence-electron chi connectivity index (χ1n) is 7.40. The summed E-state index contributed by atoms with van der Waals surface area (Å²) < 4.78 is 4.25. The van der Waals surface area contributed by atoms with Crippen LogP contribution in [0.2, 0.25) is 0 Å². The Morgan fingerprint density at radius 2 is 1.96 bits per heavy atom. The first-order valence-corrected chi connectivity index (χ1v) is 7.40. The van der Waals surface area contributed by atoms with Gasteiger partial charge in [-0.15, -0.1) is 10.2 Å². The molecule has 0 spiro atoms. The maximum atomic E-state index is 4.28. The summed E-state index contributed by atoms with van der Waals surface area (Å²) in [4.78, 5) is 2.12. The third kappa shape index (κ3) is 4.25. The first kappa shape index (κ1) is 19.9. The van der Waals surface area contributed by atoms with Gasteiger partial charge in [0.15, 0.2) is 5.82 Å². The fourth-order valence-electron chi connectivity index (χ4n) is 3.19. The minimum atomic E-state index is -0.164. The van der Waals surface area contributed by atoms with E-state index in [0.29, 0.717) is 5.92 Å². The molecule has 2 unspecified atom stereocenters. The third-order valence-corrected chi connectivity index (χ3v) is 4.23. The van der Waals surface area contributed by atoms with E-state index < -0.39 is 0 Å². The molecule has 1 fully saturated rings. The number of methoxy groups -OCH3 is 1. The molecule has 2 heterocycles. The SMILES string of the molecule is COC.[CH2-]N1CCC(c2ccccc2)(c2nn[nH]n2)C(C)C1.[W]. The van der Waals surface area contributed by atoms with Crippen molar-refractivity contribution in [1.82, 2.24) is 25.5 Å². The van der Waals surface area contributed by atoms with E-state index >= 15 is 0 Å². The normalized spacial score (nSPS) is 24.3. The van der Waals surface area contributed by atoms with Crippen molar-refractivity contribution in [3.05, 3.63) is 48.8 Å². The Bertz CT molecular complexity index is 551. The minimum Gasteiger partial charge on any atom is -0.459 e. The summed E-state index contributed by atoms with van der Waals surface area (Å²) in [6.07, 6.45) is 0.960. The molecule has 23 heavy (non-hydrogen) atoms. The van der Waals surface area contributed by atoms with Crippen LogP contribution in [0.25, 0.3) is 0 Å². The zero-order valence-corrected chi connectivity index (χ0v) is 16.8. The molecule has 0 bridgehead atoms. The number of nitrogens with one attached hydrogen (secondary N) is 1. The number of likely N-dealkylation sites (tertiary alicyclic amines) is 1. The molecule has 0 amide bonds. The van der Waals surface area contributed by atoms with E-state index in [0.717, 1.165) is 25.3 Å². The molecule has 1 aliphatic rings. The molecule has 1 aromatic carbocycles. The summed E-state index contributed by atoms with van der Waals surface area (Å²) in [6, 6.07) is 10.5. The zero-order chi connectivity index (χ0) is 16.0. The van der Waals surface area contributed by atoms with Gasteiger partial charge in [0.25, 0.3) is 0 Å². The van der Waals surface area contributed by atoms with Crippen LogP contribution in [0.1, 0.15) is 24.7 Å². The van der Waals surface area contributed by atoms with Crippen molar-refractivity contribution in [3.63, 3.8) is 0 Å². The Labute approximate surface area is 152 Å². The Balaban J connectivity index is 0.000000615. The Kier molecular flexibility index (Phi) is 8.03. The number of aromatic amines is 1. The van der Waals surface area contributed by atoms with Crippen LogP contribution in [0.3, 0.4) is 0 Å². The van der Waals surface area contributed by atoms with Crippen molar-refractivity contribution in [2.24, 2.45) is 5.92 Å². The smallest absolute Gasteiger partial charge is 0.185 e. The van der Waals surface area contributed by atoms with Crippen LogP contribution in [0.4, 0.5) is 0 Å². The molecule has 1 N–H and O–H groups in total. The fraction of sp³-hybridized carbons (Fsp3) is 0.500. The summed E-state index contributed by atoms with van der Waals surface area (Å²) in [5.74, 6) is 1.18. The third-order valence-electron chi connectivity index (χ3n) is 4.23. The number of aromatic nitrogens is 4. The number of hydrogen-bond acceptors (Lipinski definition) is 5. The number of H-pyrrole nitrogens is 1. The standard InChI is InChI=1S/C14H18N5.C2H6O.W/c1-11-10-19(2)9-8-14(11,13-15-17-18-16-13)12-6-4-3-5-7-12;1-3-2;/h3-7,11H,2,8-10H2,1H3,(H,15,16,17,18);1-2H3;/q-1;;.